The number of aromatic carboxylic acids is 1. The molecule has 24 heavy (non-hydrogen) atoms. The van der Waals surface area contributed by atoms with Crippen molar-refractivity contribution in [1.29, 1.82) is 0 Å². The molecule has 0 aliphatic heterocycles. The van der Waals surface area contributed by atoms with Crippen LogP contribution in [-0.4, -0.2) is 25.8 Å². The van der Waals surface area contributed by atoms with Crippen molar-refractivity contribution in [3.8, 4) is 22.9 Å². The molecule has 4 rings (SSSR count). The van der Waals surface area contributed by atoms with Crippen molar-refractivity contribution in [2.45, 2.75) is 0 Å². The molecule has 0 unspecified atom stereocenters. The van der Waals surface area contributed by atoms with Gasteiger partial charge in [-0.1, -0.05) is 6.07 Å². The van der Waals surface area contributed by atoms with E-state index >= 15 is 0 Å². The highest BCUT2D eigenvalue weighted by molar-refractivity contribution is 5.89. The van der Waals surface area contributed by atoms with Crippen molar-refractivity contribution >= 4 is 16.9 Å². The normalized spacial score (nSPS) is 11.0. The number of nitrogens with zero attached hydrogens (tertiary/aromatic N) is 3. The fourth-order valence-corrected chi connectivity index (χ4v) is 2.66. The van der Waals surface area contributed by atoms with Gasteiger partial charge >= 0.3 is 5.97 Å². The number of hydrogen-bond acceptors (Lipinski definition) is 4. The summed E-state index contributed by atoms with van der Waals surface area (Å²) in [6.07, 6.45) is 1.99. The van der Waals surface area contributed by atoms with Crippen molar-refractivity contribution in [1.82, 2.24) is 14.8 Å². The molecule has 1 N–H and O–H groups in total. The Morgan fingerprint density at radius 1 is 1.04 bits per heavy atom. The molecular weight excluding hydrogens is 306 g/mol. The maximum absolute atomic E-state index is 11.1. The van der Waals surface area contributed by atoms with Gasteiger partial charge in [-0.15, -0.1) is 10.2 Å². The summed E-state index contributed by atoms with van der Waals surface area (Å²) < 4.78 is 7.76. The summed E-state index contributed by atoms with van der Waals surface area (Å²) >= 11 is 0. The third-order valence-corrected chi connectivity index (χ3v) is 3.91. The molecular formula is C18H13N3O3. The van der Waals surface area contributed by atoms with Crippen LogP contribution in [0.2, 0.25) is 0 Å². The quantitative estimate of drug-likeness (QED) is 0.624. The Kier molecular flexibility index (Phi) is 3.16. The largest absolute Gasteiger partial charge is 0.478 e. The number of rotatable bonds is 3. The Morgan fingerprint density at radius 2 is 1.79 bits per heavy atom. The predicted molar refractivity (Wildman–Crippen MR) is 88.6 cm³/mol. The molecule has 4 aromatic rings. The Morgan fingerprint density at radius 3 is 2.54 bits per heavy atom. The molecule has 0 spiro atoms. The number of hydrogen-bond donors (Lipinski definition) is 1. The van der Waals surface area contributed by atoms with Gasteiger partial charge in [-0.05, 0) is 42.5 Å². The van der Waals surface area contributed by atoms with Crippen LogP contribution in [0.4, 0.5) is 0 Å². The summed E-state index contributed by atoms with van der Waals surface area (Å²) in [6.45, 7) is 0. The predicted octanol–water partition coefficient (Wildman–Crippen LogP) is 3.59. The molecule has 6 heteroatoms. The second-order valence-electron chi connectivity index (χ2n) is 5.50. The van der Waals surface area contributed by atoms with E-state index in [-0.39, 0.29) is 5.56 Å². The highest BCUT2D eigenvalue weighted by Gasteiger charge is 2.13. The zero-order valence-electron chi connectivity index (χ0n) is 12.8. The van der Waals surface area contributed by atoms with E-state index < -0.39 is 5.97 Å². The van der Waals surface area contributed by atoms with Crippen LogP contribution in [0.25, 0.3) is 33.8 Å². The first-order chi connectivity index (χ1) is 11.6. The van der Waals surface area contributed by atoms with Crippen LogP contribution < -0.4 is 0 Å². The van der Waals surface area contributed by atoms with Crippen LogP contribution in [-0.2, 0) is 7.05 Å². The van der Waals surface area contributed by atoms with Gasteiger partial charge in [0.1, 0.15) is 0 Å². The second-order valence-corrected chi connectivity index (χ2v) is 5.50. The Balaban J connectivity index is 1.73. The zero-order chi connectivity index (χ0) is 16.7. The Labute approximate surface area is 137 Å². The van der Waals surface area contributed by atoms with Crippen LogP contribution >= 0.6 is 0 Å². The molecule has 0 saturated carbocycles. The highest BCUT2D eigenvalue weighted by atomic mass is 16.4. The number of carbonyl (C=O) groups is 1. The molecule has 0 bridgehead atoms. The van der Waals surface area contributed by atoms with E-state index in [0.717, 1.165) is 16.5 Å². The van der Waals surface area contributed by atoms with Gasteiger partial charge in [0.15, 0.2) is 0 Å². The van der Waals surface area contributed by atoms with E-state index in [4.69, 9.17) is 9.52 Å². The van der Waals surface area contributed by atoms with Gasteiger partial charge in [0.2, 0.25) is 11.8 Å². The minimum Gasteiger partial charge on any atom is -0.478 e. The van der Waals surface area contributed by atoms with E-state index in [9.17, 15) is 4.79 Å². The Bertz CT molecular complexity index is 1060. The van der Waals surface area contributed by atoms with Gasteiger partial charge in [-0.3, -0.25) is 0 Å². The molecule has 0 saturated heterocycles. The third-order valence-electron chi connectivity index (χ3n) is 3.91. The lowest BCUT2D eigenvalue weighted by Gasteiger charge is -1.99. The average Bonchev–Trinajstić information content (AvgIpc) is 3.22. The van der Waals surface area contributed by atoms with E-state index in [1.807, 2.05) is 42.1 Å². The first-order valence-electron chi connectivity index (χ1n) is 7.34. The molecule has 2 aromatic carbocycles. The van der Waals surface area contributed by atoms with Crippen LogP contribution in [0.5, 0.6) is 0 Å². The topological polar surface area (TPSA) is 81.2 Å². The lowest BCUT2D eigenvalue weighted by Crippen LogP contribution is -1.95. The maximum Gasteiger partial charge on any atom is 0.335 e. The molecule has 2 heterocycles. The van der Waals surface area contributed by atoms with Crippen molar-refractivity contribution in [3.05, 3.63) is 60.3 Å². The summed E-state index contributed by atoms with van der Waals surface area (Å²) in [6, 6.07) is 14.4. The van der Waals surface area contributed by atoms with Crippen LogP contribution in [0, 0.1) is 0 Å². The fraction of sp³-hybridized carbons (Fsp3) is 0.0556. The number of benzene rings is 2. The second kappa shape index (κ2) is 5.34. The molecule has 0 atom stereocenters. The molecule has 6 nitrogen and oxygen atoms in total. The molecule has 0 fully saturated rings. The van der Waals surface area contributed by atoms with Crippen molar-refractivity contribution in [3.63, 3.8) is 0 Å². The lowest BCUT2D eigenvalue weighted by atomic mass is 10.1. The van der Waals surface area contributed by atoms with Crippen LogP contribution in [0.3, 0.4) is 0 Å². The Hall–Kier alpha value is -3.41. The maximum atomic E-state index is 11.1. The summed E-state index contributed by atoms with van der Waals surface area (Å²) in [5.74, 6) is -0.302. The minimum atomic E-state index is -0.994. The number of aromatic nitrogens is 3. The average molecular weight is 319 g/mol. The number of carboxylic acid groups (broad SMARTS) is 1. The molecule has 0 amide bonds. The van der Waals surface area contributed by atoms with E-state index in [0.29, 0.717) is 17.3 Å². The van der Waals surface area contributed by atoms with E-state index in [2.05, 4.69) is 10.2 Å². The zero-order valence-corrected chi connectivity index (χ0v) is 12.8. The fourth-order valence-electron chi connectivity index (χ4n) is 2.66. The first kappa shape index (κ1) is 14.2. The van der Waals surface area contributed by atoms with E-state index in [1.165, 1.54) is 12.1 Å². The minimum absolute atomic E-state index is 0.179. The summed E-state index contributed by atoms with van der Waals surface area (Å²) in [5.41, 5.74) is 2.70. The lowest BCUT2D eigenvalue weighted by molar-refractivity contribution is 0.0697. The van der Waals surface area contributed by atoms with Gasteiger partial charge in [-0.25, -0.2) is 4.79 Å². The van der Waals surface area contributed by atoms with E-state index in [1.54, 1.807) is 12.1 Å². The van der Waals surface area contributed by atoms with Gasteiger partial charge in [0.05, 0.1) is 5.56 Å². The van der Waals surface area contributed by atoms with Crippen molar-refractivity contribution < 1.29 is 14.3 Å². The number of carboxylic acids is 1. The summed E-state index contributed by atoms with van der Waals surface area (Å²) in [7, 11) is 1.99. The molecule has 0 aliphatic rings. The van der Waals surface area contributed by atoms with Gasteiger partial charge < -0.3 is 14.1 Å². The monoisotopic (exact) mass is 319 g/mol. The molecule has 0 aliphatic carbocycles. The molecule has 2 aromatic heterocycles. The smallest absolute Gasteiger partial charge is 0.335 e. The van der Waals surface area contributed by atoms with Crippen molar-refractivity contribution in [2.75, 3.05) is 0 Å². The molecule has 118 valence electrons. The highest BCUT2D eigenvalue weighted by Crippen LogP contribution is 2.27. The molecule has 0 radical (unpaired) electrons. The standard InChI is InChI=1S/C18H13N3O3/c1-21-8-7-11-9-13(5-6-15(11)21)17-20-19-16(24-17)12-3-2-4-14(10-12)18(22)23/h2-10H,1H3,(H,22,23). The van der Waals surface area contributed by atoms with Crippen molar-refractivity contribution in [2.24, 2.45) is 7.05 Å². The SMILES string of the molecule is Cn1ccc2cc(-c3nnc(-c4cccc(C(=O)O)c4)o3)ccc21. The van der Waals surface area contributed by atoms with Crippen LogP contribution in [0.1, 0.15) is 10.4 Å². The summed E-state index contributed by atoms with van der Waals surface area (Å²) in [5, 5.41) is 18.3. The van der Waals surface area contributed by atoms with Gasteiger partial charge in [0, 0.05) is 35.3 Å². The summed E-state index contributed by atoms with van der Waals surface area (Å²) in [4.78, 5) is 11.1. The van der Waals surface area contributed by atoms with Crippen LogP contribution in [0.15, 0.2) is 59.1 Å². The number of fused-ring (bicyclic) bond motifs is 1. The van der Waals surface area contributed by atoms with Gasteiger partial charge in [-0.2, -0.15) is 0 Å². The first-order valence-corrected chi connectivity index (χ1v) is 7.34. The van der Waals surface area contributed by atoms with Gasteiger partial charge in [0.25, 0.3) is 0 Å². The number of aryl methyl sites for hydroxylation is 1. The third kappa shape index (κ3) is 2.34.